The summed E-state index contributed by atoms with van der Waals surface area (Å²) in [4.78, 5) is 13.0. The number of aryl methyl sites for hydroxylation is 1. The molecule has 0 bridgehead atoms. The van der Waals surface area contributed by atoms with Crippen LogP contribution in [0.5, 0.6) is 0 Å². The third kappa shape index (κ3) is 1.78. The number of thiophene rings is 1. The summed E-state index contributed by atoms with van der Waals surface area (Å²) in [6.45, 7) is 1.97. The number of rotatable bonds is 1. The topological polar surface area (TPSA) is 30.2 Å². The summed E-state index contributed by atoms with van der Waals surface area (Å²) in [5.74, 6) is 0.626. The Kier molecular flexibility index (Phi) is 2.34. The Balaban J connectivity index is 2.29. The first-order valence-electron chi connectivity index (χ1n) is 5.34. The molecule has 0 N–H and O–H groups in total. The van der Waals surface area contributed by atoms with E-state index in [9.17, 15) is 4.79 Å². The van der Waals surface area contributed by atoms with E-state index in [0.717, 1.165) is 10.4 Å². The van der Waals surface area contributed by atoms with E-state index in [1.54, 1.807) is 6.07 Å². The Labute approximate surface area is 102 Å². The molecule has 3 aromatic rings. The van der Waals surface area contributed by atoms with Gasteiger partial charge in [-0.1, -0.05) is 30.3 Å². The summed E-state index contributed by atoms with van der Waals surface area (Å²) < 4.78 is 6.46. The van der Waals surface area contributed by atoms with E-state index in [-0.39, 0.29) is 5.43 Å². The normalized spacial score (nSPS) is 10.9. The van der Waals surface area contributed by atoms with Crippen LogP contribution < -0.4 is 5.43 Å². The summed E-state index contributed by atoms with van der Waals surface area (Å²) in [5.41, 5.74) is 1.64. The fourth-order valence-corrected chi connectivity index (χ4v) is 2.66. The van der Waals surface area contributed by atoms with E-state index in [2.05, 4.69) is 0 Å². The maximum absolute atomic E-state index is 11.9. The highest BCUT2D eigenvalue weighted by Gasteiger charge is 2.08. The lowest BCUT2D eigenvalue weighted by Crippen LogP contribution is -1.97. The van der Waals surface area contributed by atoms with Gasteiger partial charge in [0, 0.05) is 16.5 Å². The molecule has 3 rings (SSSR count). The van der Waals surface area contributed by atoms with Gasteiger partial charge in [-0.3, -0.25) is 4.79 Å². The van der Waals surface area contributed by atoms with Crippen LogP contribution in [0.1, 0.15) is 4.88 Å². The van der Waals surface area contributed by atoms with Gasteiger partial charge in [-0.15, -0.1) is 11.3 Å². The predicted octanol–water partition coefficient (Wildman–Crippen LogP) is 3.83. The first-order chi connectivity index (χ1) is 8.24. The van der Waals surface area contributed by atoms with Crippen molar-refractivity contribution in [3.8, 4) is 11.3 Å². The third-order valence-corrected chi connectivity index (χ3v) is 3.63. The van der Waals surface area contributed by atoms with E-state index in [1.165, 1.54) is 11.3 Å². The molecule has 0 spiro atoms. The molecular weight excluding hydrogens is 232 g/mol. The minimum atomic E-state index is 0.0307. The van der Waals surface area contributed by atoms with Gasteiger partial charge in [0.1, 0.15) is 16.0 Å². The van der Waals surface area contributed by atoms with E-state index >= 15 is 0 Å². The molecule has 0 saturated heterocycles. The van der Waals surface area contributed by atoms with Crippen molar-refractivity contribution < 1.29 is 4.42 Å². The Hall–Kier alpha value is -1.87. The highest BCUT2D eigenvalue weighted by Crippen LogP contribution is 2.26. The summed E-state index contributed by atoms with van der Waals surface area (Å²) in [5, 5.41) is 0. The highest BCUT2D eigenvalue weighted by molar-refractivity contribution is 7.18. The lowest BCUT2D eigenvalue weighted by molar-refractivity contribution is 0.620. The average molecular weight is 242 g/mol. The first kappa shape index (κ1) is 10.3. The van der Waals surface area contributed by atoms with Crippen molar-refractivity contribution in [2.24, 2.45) is 0 Å². The van der Waals surface area contributed by atoms with Gasteiger partial charge in [0.05, 0.1) is 0 Å². The molecule has 84 valence electrons. The highest BCUT2D eigenvalue weighted by atomic mass is 32.1. The van der Waals surface area contributed by atoms with Crippen LogP contribution in [0.2, 0.25) is 0 Å². The van der Waals surface area contributed by atoms with Crippen LogP contribution in [0.4, 0.5) is 0 Å². The molecule has 2 nitrogen and oxygen atoms in total. The largest absolute Gasteiger partial charge is 0.455 e. The molecule has 17 heavy (non-hydrogen) atoms. The second kappa shape index (κ2) is 3.86. The fraction of sp³-hybridized carbons (Fsp3) is 0.0714. The zero-order valence-corrected chi connectivity index (χ0v) is 10.1. The molecule has 0 aliphatic rings. The van der Waals surface area contributed by atoms with Crippen molar-refractivity contribution in [3.05, 3.63) is 57.6 Å². The molecule has 2 aromatic heterocycles. The molecule has 0 aliphatic carbocycles. The van der Waals surface area contributed by atoms with Crippen LogP contribution in [-0.2, 0) is 0 Å². The molecule has 1 aromatic carbocycles. The predicted molar refractivity (Wildman–Crippen MR) is 70.5 cm³/mol. The quantitative estimate of drug-likeness (QED) is 0.649. The summed E-state index contributed by atoms with van der Waals surface area (Å²) >= 11 is 1.48. The number of hydrogen-bond donors (Lipinski definition) is 0. The summed E-state index contributed by atoms with van der Waals surface area (Å²) in [7, 11) is 0. The maximum Gasteiger partial charge on any atom is 0.203 e. The van der Waals surface area contributed by atoms with Gasteiger partial charge in [0.25, 0.3) is 0 Å². The van der Waals surface area contributed by atoms with Crippen LogP contribution >= 0.6 is 11.3 Å². The van der Waals surface area contributed by atoms with Crippen molar-refractivity contribution in [1.29, 1.82) is 0 Å². The molecule has 0 aliphatic heterocycles. The fourth-order valence-electron chi connectivity index (χ4n) is 1.82. The number of fused-ring (bicyclic) bond motifs is 1. The molecule has 0 amide bonds. The van der Waals surface area contributed by atoms with E-state index in [4.69, 9.17) is 4.42 Å². The van der Waals surface area contributed by atoms with Crippen LogP contribution in [0, 0.1) is 6.92 Å². The van der Waals surface area contributed by atoms with Crippen LogP contribution in [-0.4, -0.2) is 0 Å². The lowest BCUT2D eigenvalue weighted by Gasteiger charge is -1.99. The minimum Gasteiger partial charge on any atom is -0.455 e. The Morgan fingerprint density at radius 1 is 1.12 bits per heavy atom. The van der Waals surface area contributed by atoms with Gasteiger partial charge >= 0.3 is 0 Å². The van der Waals surface area contributed by atoms with Gasteiger partial charge in [-0.05, 0) is 13.0 Å². The summed E-state index contributed by atoms with van der Waals surface area (Å²) in [6.07, 6.45) is 0. The van der Waals surface area contributed by atoms with E-state index < -0.39 is 0 Å². The van der Waals surface area contributed by atoms with Gasteiger partial charge in [0.15, 0.2) is 0 Å². The van der Waals surface area contributed by atoms with E-state index in [0.29, 0.717) is 16.0 Å². The molecule has 2 heterocycles. The molecular formula is C14H10O2S. The minimum absolute atomic E-state index is 0.0307. The van der Waals surface area contributed by atoms with Crippen molar-refractivity contribution in [1.82, 2.24) is 0 Å². The molecule has 0 unspecified atom stereocenters. The van der Waals surface area contributed by atoms with Crippen molar-refractivity contribution in [2.75, 3.05) is 0 Å². The molecule has 0 saturated carbocycles. The summed E-state index contributed by atoms with van der Waals surface area (Å²) in [6, 6.07) is 13.1. The van der Waals surface area contributed by atoms with Crippen molar-refractivity contribution >= 4 is 21.6 Å². The lowest BCUT2D eigenvalue weighted by atomic mass is 10.1. The van der Waals surface area contributed by atoms with Gasteiger partial charge < -0.3 is 4.42 Å². The van der Waals surface area contributed by atoms with E-state index in [1.807, 2.05) is 43.3 Å². The monoisotopic (exact) mass is 242 g/mol. The maximum atomic E-state index is 11.9. The standard InChI is InChI=1S/C14H10O2S/c1-9-7-13-14(17-9)11(15)8-12(16-13)10-5-3-2-4-6-10/h2-8H,1H3. The molecule has 0 radical (unpaired) electrons. The van der Waals surface area contributed by atoms with Crippen LogP contribution in [0.25, 0.3) is 21.6 Å². The molecule has 3 heteroatoms. The second-order valence-electron chi connectivity index (χ2n) is 3.89. The number of hydrogen-bond acceptors (Lipinski definition) is 3. The Bertz CT molecular complexity index is 723. The van der Waals surface area contributed by atoms with Crippen molar-refractivity contribution in [3.63, 3.8) is 0 Å². The Morgan fingerprint density at radius 2 is 1.88 bits per heavy atom. The second-order valence-corrected chi connectivity index (χ2v) is 5.15. The van der Waals surface area contributed by atoms with Crippen molar-refractivity contribution in [2.45, 2.75) is 6.92 Å². The van der Waals surface area contributed by atoms with Gasteiger partial charge in [0.2, 0.25) is 5.43 Å². The third-order valence-electron chi connectivity index (χ3n) is 2.59. The van der Waals surface area contributed by atoms with Crippen LogP contribution in [0.3, 0.4) is 0 Å². The molecule has 0 fully saturated rings. The zero-order valence-electron chi connectivity index (χ0n) is 9.27. The molecule has 0 atom stereocenters. The Morgan fingerprint density at radius 3 is 2.65 bits per heavy atom. The first-order valence-corrected chi connectivity index (χ1v) is 6.15. The average Bonchev–Trinajstić information content (AvgIpc) is 2.71. The smallest absolute Gasteiger partial charge is 0.203 e. The SMILES string of the molecule is Cc1cc2oc(-c3ccccc3)cc(=O)c2s1. The number of benzene rings is 1. The zero-order chi connectivity index (χ0) is 11.8. The van der Waals surface area contributed by atoms with Gasteiger partial charge in [-0.25, -0.2) is 0 Å². The van der Waals surface area contributed by atoms with Gasteiger partial charge in [-0.2, -0.15) is 0 Å². The van der Waals surface area contributed by atoms with Crippen LogP contribution in [0.15, 0.2) is 51.7 Å².